The third-order valence-electron chi connectivity index (χ3n) is 4.24. The van der Waals surface area contributed by atoms with Gasteiger partial charge in [-0.25, -0.2) is 9.97 Å². The van der Waals surface area contributed by atoms with Gasteiger partial charge in [0.1, 0.15) is 0 Å². The Labute approximate surface area is 126 Å². The van der Waals surface area contributed by atoms with Gasteiger partial charge in [-0.15, -0.1) is 0 Å². The van der Waals surface area contributed by atoms with Crippen LogP contribution in [0.2, 0.25) is 0 Å². The van der Waals surface area contributed by atoms with Crippen LogP contribution < -0.4 is 10.2 Å². The number of nitrogens with zero attached hydrogens (tertiary/aromatic N) is 4. The molecule has 1 saturated carbocycles. The predicted molar refractivity (Wildman–Crippen MR) is 82.5 cm³/mol. The van der Waals surface area contributed by atoms with Crippen molar-refractivity contribution in [2.75, 3.05) is 51.3 Å². The van der Waals surface area contributed by atoms with Gasteiger partial charge in [0.05, 0.1) is 6.61 Å². The zero-order valence-electron chi connectivity index (χ0n) is 12.7. The number of hydrogen-bond donors (Lipinski definition) is 1. The van der Waals surface area contributed by atoms with E-state index in [1.807, 2.05) is 18.5 Å². The maximum atomic E-state index is 5.40. The van der Waals surface area contributed by atoms with Gasteiger partial charge in [0.2, 0.25) is 5.95 Å². The second-order valence-electron chi connectivity index (χ2n) is 5.86. The molecular weight excluding hydrogens is 266 g/mol. The number of hydrogen-bond acceptors (Lipinski definition) is 6. The lowest BCUT2D eigenvalue weighted by atomic mass is 10.2. The smallest absolute Gasteiger partial charge is 0.225 e. The average molecular weight is 291 g/mol. The molecule has 116 valence electrons. The first-order valence-electron chi connectivity index (χ1n) is 7.85. The molecule has 1 N–H and O–H groups in total. The van der Waals surface area contributed by atoms with Crippen molar-refractivity contribution in [1.29, 1.82) is 0 Å². The minimum atomic E-state index is 0.467. The van der Waals surface area contributed by atoms with E-state index in [0.717, 1.165) is 51.3 Å². The van der Waals surface area contributed by atoms with E-state index in [1.165, 1.54) is 12.8 Å². The van der Waals surface area contributed by atoms with Gasteiger partial charge < -0.3 is 15.0 Å². The first kappa shape index (κ1) is 14.7. The minimum absolute atomic E-state index is 0.467. The normalized spacial score (nSPS) is 21.5. The fourth-order valence-corrected chi connectivity index (χ4v) is 2.82. The summed E-state index contributed by atoms with van der Waals surface area (Å²) in [6, 6.07) is 3.08. The van der Waals surface area contributed by atoms with Crippen molar-refractivity contribution in [3.05, 3.63) is 18.5 Å². The van der Waals surface area contributed by atoms with Crippen LogP contribution in [0, 0.1) is 0 Å². The van der Waals surface area contributed by atoms with Crippen LogP contribution >= 0.6 is 0 Å². The number of aromatic nitrogens is 2. The van der Waals surface area contributed by atoms with Crippen molar-refractivity contribution in [3.8, 4) is 0 Å². The molecule has 1 atom stereocenters. The van der Waals surface area contributed by atoms with E-state index in [0.29, 0.717) is 6.04 Å². The lowest BCUT2D eigenvalue weighted by molar-refractivity contribution is 0.0847. The predicted octanol–water partition coefficient (Wildman–Crippen LogP) is 0.366. The highest BCUT2D eigenvalue weighted by Gasteiger charge is 2.27. The van der Waals surface area contributed by atoms with Crippen molar-refractivity contribution in [2.24, 2.45) is 0 Å². The zero-order chi connectivity index (χ0) is 14.5. The van der Waals surface area contributed by atoms with Crippen molar-refractivity contribution in [2.45, 2.75) is 24.9 Å². The molecule has 0 amide bonds. The maximum Gasteiger partial charge on any atom is 0.225 e. The summed E-state index contributed by atoms with van der Waals surface area (Å²) >= 11 is 0. The number of methoxy groups -OCH3 is 1. The lowest BCUT2D eigenvalue weighted by Gasteiger charge is -2.39. The average Bonchev–Trinajstić information content (AvgIpc) is 3.37. The maximum absolute atomic E-state index is 5.40. The topological polar surface area (TPSA) is 53.5 Å². The molecule has 21 heavy (non-hydrogen) atoms. The van der Waals surface area contributed by atoms with Crippen molar-refractivity contribution >= 4 is 5.95 Å². The molecule has 1 aromatic rings. The molecular formula is C15H25N5O. The van der Waals surface area contributed by atoms with Gasteiger partial charge >= 0.3 is 0 Å². The summed E-state index contributed by atoms with van der Waals surface area (Å²) in [5.74, 6) is 0.844. The highest BCUT2D eigenvalue weighted by atomic mass is 16.5. The molecule has 2 fully saturated rings. The Morgan fingerprint density at radius 3 is 2.57 bits per heavy atom. The Hall–Kier alpha value is -1.24. The van der Waals surface area contributed by atoms with E-state index in [2.05, 4.69) is 25.1 Å². The van der Waals surface area contributed by atoms with E-state index in [-0.39, 0.29) is 0 Å². The molecule has 2 heterocycles. The number of ether oxygens (including phenoxy) is 1. The highest BCUT2D eigenvalue weighted by molar-refractivity contribution is 5.29. The van der Waals surface area contributed by atoms with Crippen LogP contribution in [-0.2, 0) is 4.74 Å². The molecule has 1 saturated heterocycles. The molecule has 0 aromatic carbocycles. The summed E-state index contributed by atoms with van der Waals surface area (Å²) < 4.78 is 5.40. The molecule has 0 radical (unpaired) electrons. The Bertz CT molecular complexity index is 417. The van der Waals surface area contributed by atoms with Crippen molar-refractivity contribution in [3.63, 3.8) is 0 Å². The van der Waals surface area contributed by atoms with Crippen LogP contribution in [-0.4, -0.2) is 73.4 Å². The monoisotopic (exact) mass is 291 g/mol. The van der Waals surface area contributed by atoms with Gasteiger partial charge in [-0.2, -0.15) is 0 Å². The Balaban J connectivity index is 1.50. The van der Waals surface area contributed by atoms with E-state index in [4.69, 9.17) is 4.74 Å². The molecule has 2 aliphatic rings. The van der Waals surface area contributed by atoms with E-state index >= 15 is 0 Å². The fraction of sp³-hybridized carbons (Fsp3) is 0.733. The van der Waals surface area contributed by atoms with Crippen LogP contribution in [0.1, 0.15) is 12.8 Å². The largest absolute Gasteiger partial charge is 0.383 e. The quantitative estimate of drug-likeness (QED) is 0.783. The second-order valence-corrected chi connectivity index (χ2v) is 5.86. The zero-order valence-corrected chi connectivity index (χ0v) is 12.7. The van der Waals surface area contributed by atoms with E-state index in [9.17, 15) is 0 Å². The summed E-state index contributed by atoms with van der Waals surface area (Å²) in [5, 5.41) is 3.62. The van der Waals surface area contributed by atoms with Crippen molar-refractivity contribution in [1.82, 2.24) is 20.2 Å². The second kappa shape index (κ2) is 7.15. The summed E-state index contributed by atoms with van der Waals surface area (Å²) in [6.45, 7) is 5.86. The van der Waals surface area contributed by atoms with Gasteiger partial charge in [-0.1, -0.05) is 0 Å². The fourth-order valence-electron chi connectivity index (χ4n) is 2.82. The Morgan fingerprint density at radius 2 is 1.95 bits per heavy atom. The molecule has 6 nitrogen and oxygen atoms in total. The van der Waals surface area contributed by atoms with Crippen LogP contribution in [0.4, 0.5) is 5.95 Å². The number of piperazine rings is 1. The minimum Gasteiger partial charge on any atom is -0.383 e. The summed E-state index contributed by atoms with van der Waals surface area (Å²) in [7, 11) is 1.79. The van der Waals surface area contributed by atoms with E-state index < -0.39 is 0 Å². The van der Waals surface area contributed by atoms with Crippen LogP contribution in [0.3, 0.4) is 0 Å². The van der Waals surface area contributed by atoms with Crippen LogP contribution in [0.25, 0.3) is 0 Å². The summed E-state index contributed by atoms with van der Waals surface area (Å²) in [5.41, 5.74) is 0. The molecule has 6 heteroatoms. The van der Waals surface area contributed by atoms with Gasteiger partial charge in [0, 0.05) is 64.3 Å². The molecule has 1 aliphatic heterocycles. The third-order valence-corrected chi connectivity index (χ3v) is 4.24. The highest BCUT2D eigenvalue weighted by Crippen LogP contribution is 2.19. The van der Waals surface area contributed by atoms with Crippen LogP contribution in [0.15, 0.2) is 18.5 Å². The molecule has 3 rings (SSSR count). The number of rotatable bonds is 7. The molecule has 1 aliphatic carbocycles. The molecule has 0 spiro atoms. The number of nitrogens with one attached hydrogen (secondary N) is 1. The Kier molecular flexibility index (Phi) is 5.00. The van der Waals surface area contributed by atoms with Gasteiger partial charge in [0.25, 0.3) is 0 Å². The lowest BCUT2D eigenvalue weighted by Crippen LogP contribution is -2.54. The van der Waals surface area contributed by atoms with Gasteiger partial charge in [0.15, 0.2) is 0 Å². The SMILES string of the molecule is COCC(CNC1CC1)N1CCN(c2ncccn2)CC1. The molecule has 1 aromatic heterocycles. The molecule has 0 bridgehead atoms. The van der Waals surface area contributed by atoms with Gasteiger partial charge in [-0.05, 0) is 18.9 Å². The van der Waals surface area contributed by atoms with E-state index in [1.54, 1.807) is 7.11 Å². The summed E-state index contributed by atoms with van der Waals surface area (Å²) in [6.07, 6.45) is 6.28. The van der Waals surface area contributed by atoms with Gasteiger partial charge in [-0.3, -0.25) is 4.90 Å². The molecule has 1 unspecified atom stereocenters. The number of anilines is 1. The Morgan fingerprint density at radius 1 is 1.24 bits per heavy atom. The first-order valence-corrected chi connectivity index (χ1v) is 7.85. The standard InChI is InChI=1S/C15H25N5O/c1-21-12-14(11-18-13-3-4-13)19-7-9-20(10-8-19)15-16-5-2-6-17-15/h2,5-6,13-14,18H,3-4,7-12H2,1H3. The van der Waals surface area contributed by atoms with Crippen LogP contribution in [0.5, 0.6) is 0 Å². The first-order chi connectivity index (χ1) is 10.4. The third kappa shape index (κ3) is 4.12. The summed E-state index contributed by atoms with van der Waals surface area (Å²) in [4.78, 5) is 13.5. The van der Waals surface area contributed by atoms with Crippen molar-refractivity contribution < 1.29 is 4.74 Å².